The van der Waals surface area contributed by atoms with E-state index in [0.717, 1.165) is 17.7 Å². The van der Waals surface area contributed by atoms with Crippen LogP contribution >= 0.6 is 11.3 Å². The summed E-state index contributed by atoms with van der Waals surface area (Å²) in [6.45, 7) is 0. The molecule has 0 radical (unpaired) electrons. The maximum atomic E-state index is 11.8. The van der Waals surface area contributed by atoms with E-state index in [1.807, 2.05) is 0 Å². The van der Waals surface area contributed by atoms with Crippen LogP contribution in [0.5, 0.6) is 0 Å². The van der Waals surface area contributed by atoms with E-state index in [9.17, 15) is 4.79 Å². The average molecular weight is 287 g/mol. The Morgan fingerprint density at radius 3 is 2.90 bits per heavy atom. The molecule has 3 aromatic heterocycles. The molecule has 0 aliphatic heterocycles. The Morgan fingerprint density at radius 1 is 1.20 bits per heavy atom. The largest absolute Gasteiger partial charge is 0.369 e. The first-order chi connectivity index (χ1) is 9.70. The highest BCUT2D eigenvalue weighted by Gasteiger charge is 2.17. The summed E-state index contributed by atoms with van der Waals surface area (Å²) in [6, 6.07) is 2.18. The molecule has 20 heavy (non-hydrogen) atoms. The number of aromatic nitrogens is 4. The Morgan fingerprint density at radius 2 is 2.05 bits per heavy atom. The number of hydrogen-bond acceptors (Lipinski definition) is 5. The zero-order valence-electron chi connectivity index (χ0n) is 10.7. The Balaban J connectivity index is 1.88. The van der Waals surface area contributed by atoms with Crippen LogP contribution in [0, 0.1) is 0 Å². The van der Waals surface area contributed by atoms with Crippen molar-refractivity contribution in [2.24, 2.45) is 0 Å². The number of nitrogens with zero attached hydrogens (tertiary/aromatic N) is 2. The van der Waals surface area contributed by atoms with Crippen molar-refractivity contribution in [3.63, 3.8) is 0 Å². The summed E-state index contributed by atoms with van der Waals surface area (Å²) in [5, 5.41) is 0. The molecular weight excluding hydrogens is 274 g/mol. The molecule has 4 N–H and O–H groups in total. The Bertz CT molecular complexity index is 836. The van der Waals surface area contributed by atoms with Crippen LogP contribution in [-0.2, 0) is 12.8 Å². The number of nitrogens with one attached hydrogen (secondary N) is 2. The van der Waals surface area contributed by atoms with Gasteiger partial charge >= 0.3 is 0 Å². The lowest BCUT2D eigenvalue weighted by molar-refractivity contribution is 0.697. The molecule has 1 aliphatic rings. The van der Waals surface area contributed by atoms with Gasteiger partial charge in [0.05, 0.1) is 4.88 Å². The minimum absolute atomic E-state index is 0.0889. The highest BCUT2D eigenvalue weighted by molar-refractivity contribution is 7.15. The van der Waals surface area contributed by atoms with E-state index in [1.165, 1.54) is 23.3 Å². The third-order valence-corrected chi connectivity index (χ3v) is 4.85. The molecule has 0 bridgehead atoms. The molecule has 3 heterocycles. The van der Waals surface area contributed by atoms with Gasteiger partial charge in [-0.05, 0) is 37.3 Å². The van der Waals surface area contributed by atoms with Crippen LogP contribution in [-0.4, -0.2) is 19.9 Å². The van der Waals surface area contributed by atoms with Gasteiger partial charge in [-0.3, -0.25) is 9.78 Å². The molecule has 7 heteroatoms. The number of fused-ring (bicyclic) bond motifs is 2. The predicted octanol–water partition coefficient (Wildman–Crippen LogP) is 1.84. The van der Waals surface area contributed by atoms with E-state index in [-0.39, 0.29) is 11.5 Å². The molecule has 0 aromatic carbocycles. The summed E-state index contributed by atoms with van der Waals surface area (Å²) in [4.78, 5) is 28.3. The predicted molar refractivity (Wildman–Crippen MR) is 78.9 cm³/mol. The monoisotopic (exact) mass is 287 g/mol. The third kappa shape index (κ3) is 1.74. The number of nitrogens with two attached hydrogens (primary N) is 1. The molecule has 4 rings (SSSR count). The van der Waals surface area contributed by atoms with Gasteiger partial charge in [-0.2, -0.15) is 4.98 Å². The second-order valence-electron chi connectivity index (χ2n) is 5.00. The van der Waals surface area contributed by atoms with E-state index < -0.39 is 0 Å². The van der Waals surface area contributed by atoms with Gasteiger partial charge in [0.2, 0.25) is 5.95 Å². The van der Waals surface area contributed by atoms with Gasteiger partial charge in [0.15, 0.2) is 17.0 Å². The first kappa shape index (κ1) is 11.7. The molecule has 0 saturated heterocycles. The molecule has 3 aromatic rings. The molecule has 0 unspecified atom stereocenters. The normalized spacial score (nSPS) is 14.6. The van der Waals surface area contributed by atoms with Crippen LogP contribution < -0.4 is 11.3 Å². The number of imidazole rings is 1. The van der Waals surface area contributed by atoms with E-state index in [4.69, 9.17) is 5.73 Å². The molecule has 6 nitrogen and oxygen atoms in total. The fraction of sp³-hybridized carbons (Fsp3) is 0.308. The van der Waals surface area contributed by atoms with Crippen molar-refractivity contribution < 1.29 is 0 Å². The highest BCUT2D eigenvalue weighted by Crippen LogP contribution is 2.34. The lowest BCUT2D eigenvalue weighted by Gasteiger charge is -2.08. The fourth-order valence-electron chi connectivity index (χ4n) is 2.65. The van der Waals surface area contributed by atoms with Crippen molar-refractivity contribution in [1.29, 1.82) is 0 Å². The van der Waals surface area contributed by atoms with Crippen molar-refractivity contribution in [3.05, 3.63) is 26.9 Å². The van der Waals surface area contributed by atoms with Crippen LogP contribution in [0.1, 0.15) is 23.3 Å². The van der Waals surface area contributed by atoms with Gasteiger partial charge in [0, 0.05) is 4.88 Å². The lowest BCUT2D eigenvalue weighted by atomic mass is 9.99. The molecule has 0 atom stereocenters. The van der Waals surface area contributed by atoms with Gasteiger partial charge in [0.25, 0.3) is 5.56 Å². The number of anilines is 1. The summed E-state index contributed by atoms with van der Waals surface area (Å²) in [6.07, 6.45) is 4.79. The quantitative estimate of drug-likeness (QED) is 0.635. The van der Waals surface area contributed by atoms with Crippen LogP contribution in [0.25, 0.3) is 21.9 Å². The summed E-state index contributed by atoms with van der Waals surface area (Å²) in [5.74, 6) is 0.786. The summed E-state index contributed by atoms with van der Waals surface area (Å²) in [7, 11) is 0. The standard InChI is InChI=1S/C13H13N5OS/c14-13-17-11-9(12(19)18-13)15-10(16-11)8-5-6-3-1-2-4-7(6)20-8/h5H,1-4H2,(H4,14,15,16,17,18,19). The first-order valence-corrected chi connectivity index (χ1v) is 7.40. The molecule has 0 saturated carbocycles. The average Bonchev–Trinajstić information content (AvgIpc) is 3.01. The van der Waals surface area contributed by atoms with Gasteiger partial charge in [0.1, 0.15) is 0 Å². The van der Waals surface area contributed by atoms with Gasteiger partial charge in [-0.15, -0.1) is 11.3 Å². The summed E-state index contributed by atoms with van der Waals surface area (Å²) in [5.41, 5.74) is 7.41. The minimum Gasteiger partial charge on any atom is -0.369 e. The minimum atomic E-state index is -0.285. The number of aromatic amines is 2. The molecule has 0 spiro atoms. The SMILES string of the molecule is Nc1nc2nc(-c3cc4c(s3)CCCC4)[nH]c2c(=O)[nH]1. The number of nitrogen functional groups attached to an aromatic ring is 1. The summed E-state index contributed by atoms with van der Waals surface area (Å²) >= 11 is 1.75. The second-order valence-corrected chi connectivity index (χ2v) is 6.14. The topological polar surface area (TPSA) is 100 Å². The van der Waals surface area contributed by atoms with Crippen LogP contribution in [0.4, 0.5) is 5.95 Å². The van der Waals surface area contributed by atoms with Crippen molar-refractivity contribution in [3.8, 4) is 10.7 Å². The van der Waals surface area contributed by atoms with Gasteiger partial charge in [-0.1, -0.05) is 0 Å². The fourth-order valence-corrected chi connectivity index (χ4v) is 3.85. The number of hydrogen-bond donors (Lipinski definition) is 3. The smallest absolute Gasteiger partial charge is 0.278 e. The molecule has 0 fully saturated rings. The Labute approximate surface area is 118 Å². The second kappa shape index (κ2) is 4.17. The molecule has 102 valence electrons. The van der Waals surface area contributed by atoms with E-state index in [0.29, 0.717) is 17.0 Å². The van der Waals surface area contributed by atoms with Crippen LogP contribution in [0.2, 0.25) is 0 Å². The number of H-pyrrole nitrogens is 2. The molecular formula is C13H13N5OS. The summed E-state index contributed by atoms with van der Waals surface area (Å²) < 4.78 is 0. The van der Waals surface area contributed by atoms with Gasteiger partial charge < -0.3 is 10.7 Å². The van der Waals surface area contributed by atoms with Crippen molar-refractivity contribution in [2.45, 2.75) is 25.7 Å². The van der Waals surface area contributed by atoms with E-state index in [1.54, 1.807) is 11.3 Å². The number of thiophene rings is 1. The maximum Gasteiger partial charge on any atom is 0.278 e. The van der Waals surface area contributed by atoms with Crippen molar-refractivity contribution in [2.75, 3.05) is 5.73 Å². The Hall–Kier alpha value is -2.15. The number of aryl methyl sites for hydroxylation is 2. The molecule has 1 aliphatic carbocycles. The van der Waals surface area contributed by atoms with E-state index >= 15 is 0 Å². The van der Waals surface area contributed by atoms with Crippen LogP contribution in [0.15, 0.2) is 10.9 Å². The van der Waals surface area contributed by atoms with Crippen molar-refractivity contribution >= 4 is 28.4 Å². The number of rotatable bonds is 1. The van der Waals surface area contributed by atoms with Crippen molar-refractivity contribution in [1.82, 2.24) is 19.9 Å². The highest BCUT2D eigenvalue weighted by atomic mass is 32.1. The lowest BCUT2D eigenvalue weighted by Crippen LogP contribution is -2.10. The maximum absolute atomic E-state index is 11.8. The first-order valence-electron chi connectivity index (χ1n) is 6.58. The zero-order chi connectivity index (χ0) is 13.7. The zero-order valence-corrected chi connectivity index (χ0v) is 11.5. The molecule has 0 amide bonds. The van der Waals surface area contributed by atoms with E-state index in [2.05, 4.69) is 26.0 Å². The Kier molecular flexibility index (Phi) is 2.43. The third-order valence-electron chi connectivity index (χ3n) is 3.61. The van der Waals surface area contributed by atoms with Crippen LogP contribution in [0.3, 0.4) is 0 Å². The van der Waals surface area contributed by atoms with Gasteiger partial charge in [-0.25, -0.2) is 4.98 Å².